The third-order valence-corrected chi connectivity index (χ3v) is 3.18. The molecule has 0 saturated carbocycles. The lowest BCUT2D eigenvalue weighted by Gasteiger charge is -2.11. The van der Waals surface area contributed by atoms with E-state index in [4.69, 9.17) is 0 Å². The van der Waals surface area contributed by atoms with E-state index < -0.39 is 11.7 Å². The van der Waals surface area contributed by atoms with Gasteiger partial charge in [0.1, 0.15) is 5.82 Å². The number of hydrogen-bond acceptors (Lipinski definition) is 2. The van der Waals surface area contributed by atoms with E-state index in [2.05, 4.69) is 5.32 Å². The first kappa shape index (κ1) is 15.7. The largest absolute Gasteiger partial charge is 0.348 e. The molecule has 0 unspecified atom stereocenters. The lowest BCUT2D eigenvalue weighted by molar-refractivity contribution is 0.0827. The third-order valence-electron chi connectivity index (χ3n) is 3.18. The summed E-state index contributed by atoms with van der Waals surface area (Å²) in [6.07, 6.45) is 0. The number of hydrogen-bond donors (Lipinski definition) is 1. The molecule has 0 aliphatic rings. The molecule has 0 spiro atoms. The fourth-order valence-electron chi connectivity index (χ4n) is 1.95. The van der Waals surface area contributed by atoms with E-state index in [9.17, 15) is 14.0 Å². The average molecular weight is 300 g/mol. The predicted octanol–water partition coefficient (Wildman–Crippen LogP) is 2.46. The number of nitrogens with one attached hydrogen (secondary N) is 1. The fourth-order valence-corrected chi connectivity index (χ4v) is 1.95. The average Bonchev–Trinajstić information content (AvgIpc) is 2.52. The normalized spacial score (nSPS) is 10.1. The van der Waals surface area contributed by atoms with Crippen LogP contribution in [0.25, 0.3) is 0 Å². The molecule has 0 heterocycles. The summed E-state index contributed by atoms with van der Waals surface area (Å²) in [5, 5.41) is 2.65. The molecule has 0 bridgehead atoms. The Balaban J connectivity index is 1.99. The quantitative estimate of drug-likeness (QED) is 0.943. The summed E-state index contributed by atoms with van der Waals surface area (Å²) in [5.41, 5.74) is 1.43. The summed E-state index contributed by atoms with van der Waals surface area (Å²) in [6, 6.07) is 12.8. The highest BCUT2D eigenvalue weighted by Crippen LogP contribution is 2.08. The molecule has 2 aromatic carbocycles. The molecule has 4 nitrogen and oxygen atoms in total. The Kier molecular flexibility index (Phi) is 4.88. The first-order chi connectivity index (χ1) is 10.5. The molecule has 22 heavy (non-hydrogen) atoms. The van der Waals surface area contributed by atoms with E-state index in [1.165, 1.54) is 23.1 Å². The van der Waals surface area contributed by atoms with Crippen LogP contribution in [-0.2, 0) is 6.54 Å². The lowest BCUT2D eigenvalue weighted by Crippen LogP contribution is -2.24. The number of benzene rings is 2. The summed E-state index contributed by atoms with van der Waals surface area (Å²) in [5.74, 6) is -1.10. The van der Waals surface area contributed by atoms with Gasteiger partial charge in [0.05, 0.1) is 5.56 Å². The molecule has 1 N–H and O–H groups in total. The van der Waals surface area contributed by atoms with Gasteiger partial charge in [0.25, 0.3) is 11.8 Å². The van der Waals surface area contributed by atoms with Crippen molar-refractivity contribution in [2.45, 2.75) is 6.54 Å². The minimum Gasteiger partial charge on any atom is -0.348 e. The van der Waals surface area contributed by atoms with E-state index >= 15 is 0 Å². The molecule has 0 aromatic heterocycles. The van der Waals surface area contributed by atoms with Crippen molar-refractivity contribution < 1.29 is 14.0 Å². The Bertz CT molecular complexity index is 681. The number of amides is 2. The molecule has 2 aromatic rings. The van der Waals surface area contributed by atoms with E-state index in [1.54, 1.807) is 44.4 Å². The van der Waals surface area contributed by atoms with Crippen molar-refractivity contribution in [2.24, 2.45) is 0 Å². The molecule has 114 valence electrons. The number of halogens is 1. The van der Waals surface area contributed by atoms with Gasteiger partial charge in [0, 0.05) is 26.2 Å². The second kappa shape index (κ2) is 6.85. The van der Waals surface area contributed by atoms with Gasteiger partial charge >= 0.3 is 0 Å². The van der Waals surface area contributed by atoms with Gasteiger partial charge in [-0.2, -0.15) is 0 Å². The van der Waals surface area contributed by atoms with Crippen LogP contribution in [0.4, 0.5) is 4.39 Å². The second-order valence-corrected chi connectivity index (χ2v) is 5.06. The van der Waals surface area contributed by atoms with Crippen LogP contribution in [0, 0.1) is 5.82 Å². The third kappa shape index (κ3) is 3.69. The first-order valence-electron chi connectivity index (χ1n) is 6.82. The van der Waals surface area contributed by atoms with Gasteiger partial charge in [-0.3, -0.25) is 9.59 Å². The van der Waals surface area contributed by atoms with E-state index in [0.717, 1.165) is 5.56 Å². The molecule has 2 amide bonds. The minimum absolute atomic E-state index is 0.0157. The molecular weight excluding hydrogens is 283 g/mol. The molecule has 5 heteroatoms. The zero-order valence-corrected chi connectivity index (χ0v) is 12.5. The van der Waals surface area contributed by atoms with Gasteiger partial charge < -0.3 is 10.2 Å². The van der Waals surface area contributed by atoms with Gasteiger partial charge in [-0.05, 0) is 29.8 Å². The fraction of sp³-hybridized carbons (Fsp3) is 0.176. The Morgan fingerprint density at radius 1 is 1.05 bits per heavy atom. The predicted molar refractivity (Wildman–Crippen MR) is 82.0 cm³/mol. The van der Waals surface area contributed by atoms with Crippen molar-refractivity contribution in [1.29, 1.82) is 0 Å². The summed E-state index contributed by atoms with van der Waals surface area (Å²) < 4.78 is 13.5. The standard InChI is InChI=1S/C17H17FN2O2/c1-20(2)17(22)13-9-7-12(8-10-13)11-19-16(21)14-5-3-4-6-15(14)18/h3-10H,11H2,1-2H3,(H,19,21). The van der Waals surface area contributed by atoms with Crippen molar-refractivity contribution in [3.63, 3.8) is 0 Å². The van der Waals surface area contributed by atoms with Crippen molar-refractivity contribution in [3.05, 3.63) is 71.0 Å². The van der Waals surface area contributed by atoms with Crippen molar-refractivity contribution >= 4 is 11.8 Å². The highest BCUT2D eigenvalue weighted by molar-refractivity contribution is 5.94. The Morgan fingerprint density at radius 2 is 1.68 bits per heavy atom. The van der Waals surface area contributed by atoms with E-state index in [0.29, 0.717) is 5.56 Å². The summed E-state index contributed by atoms with van der Waals surface area (Å²) in [6.45, 7) is 0.267. The molecule has 0 aliphatic heterocycles. The smallest absolute Gasteiger partial charge is 0.254 e. The van der Waals surface area contributed by atoms with Crippen molar-refractivity contribution in [3.8, 4) is 0 Å². The van der Waals surface area contributed by atoms with E-state index in [1.807, 2.05) is 0 Å². The van der Waals surface area contributed by atoms with Crippen LogP contribution in [0.5, 0.6) is 0 Å². The summed E-state index contributed by atoms with van der Waals surface area (Å²) in [7, 11) is 3.37. The minimum atomic E-state index is -0.549. The molecule has 0 fully saturated rings. The van der Waals surface area contributed by atoms with Gasteiger partial charge in [-0.15, -0.1) is 0 Å². The maximum Gasteiger partial charge on any atom is 0.254 e. The van der Waals surface area contributed by atoms with Gasteiger partial charge in [-0.25, -0.2) is 4.39 Å². The van der Waals surface area contributed by atoms with Gasteiger partial charge in [-0.1, -0.05) is 24.3 Å². The van der Waals surface area contributed by atoms with Crippen LogP contribution in [-0.4, -0.2) is 30.8 Å². The molecule has 0 radical (unpaired) electrons. The monoisotopic (exact) mass is 300 g/mol. The van der Waals surface area contributed by atoms with Crippen LogP contribution in [0.1, 0.15) is 26.3 Å². The maximum absolute atomic E-state index is 13.5. The summed E-state index contributed by atoms with van der Waals surface area (Å²) in [4.78, 5) is 25.1. The van der Waals surface area contributed by atoms with Crippen molar-refractivity contribution in [2.75, 3.05) is 14.1 Å². The van der Waals surface area contributed by atoms with Crippen molar-refractivity contribution in [1.82, 2.24) is 10.2 Å². The van der Waals surface area contributed by atoms with Crippen LogP contribution in [0.2, 0.25) is 0 Å². The van der Waals surface area contributed by atoms with Gasteiger partial charge in [0.15, 0.2) is 0 Å². The number of carbonyl (C=O) groups excluding carboxylic acids is 2. The second-order valence-electron chi connectivity index (χ2n) is 5.06. The van der Waals surface area contributed by atoms with Crippen LogP contribution in [0.3, 0.4) is 0 Å². The molecule has 0 atom stereocenters. The van der Waals surface area contributed by atoms with Gasteiger partial charge in [0.2, 0.25) is 0 Å². The molecule has 2 rings (SSSR count). The highest BCUT2D eigenvalue weighted by Gasteiger charge is 2.11. The Morgan fingerprint density at radius 3 is 2.27 bits per heavy atom. The first-order valence-corrected chi connectivity index (χ1v) is 6.82. The molecule has 0 saturated heterocycles. The van der Waals surface area contributed by atoms with Crippen LogP contribution in [0.15, 0.2) is 48.5 Å². The van der Waals surface area contributed by atoms with E-state index in [-0.39, 0.29) is 18.0 Å². The number of rotatable bonds is 4. The molecule has 0 aliphatic carbocycles. The lowest BCUT2D eigenvalue weighted by atomic mass is 10.1. The van der Waals surface area contributed by atoms with Crippen LogP contribution < -0.4 is 5.32 Å². The van der Waals surface area contributed by atoms with Crippen LogP contribution >= 0.6 is 0 Å². The SMILES string of the molecule is CN(C)C(=O)c1ccc(CNC(=O)c2ccccc2F)cc1. The Hall–Kier alpha value is -2.69. The number of carbonyl (C=O) groups is 2. The topological polar surface area (TPSA) is 49.4 Å². The number of nitrogens with zero attached hydrogens (tertiary/aromatic N) is 1. The zero-order valence-electron chi connectivity index (χ0n) is 12.5. The Labute approximate surface area is 128 Å². The summed E-state index contributed by atoms with van der Waals surface area (Å²) >= 11 is 0. The zero-order chi connectivity index (χ0) is 16.1. The maximum atomic E-state index is 13.5. The highest BCUT2D eigenvalue weighted by atomic mass is 19.1. The molecular formula is C17H17FN2O2.